The quantitative estimate of drug-likeness (QED) is 0.470. The van der Waals surface area contributed by atoms with E-state index in [0.717, 1.165) is 30.1 Å². The third-order valence-corrected chi connectivity index (χ3v) is 3.29. The van der Waals surface area contributed by atoms with Crippen molar-refractivity contribution < 1.29 is 0 Å². The van der Waals surface area contributed by atoms with Gasteiger partial charge >= 0.3 is 0 Å². The predicted molar refractivity (Wildman–Crippen MR) is 69.8 cm³/mol. The van der Waals surface area contributed by atoms with Gasteiger partial charge in [0.05, 0.1) is 17.2 Å². The molecule has 0 saturated carbocycles. The molecule has 4 nitrogen and oxygen atoms in total. The first kappa shape index (κ1) is 13.0. The zero-order valence-corrected chi connectivity index (χ0v) is 11.0. The first-order valence-corrected chi connectivity index (χ1v) is 6.41. The molecule has 0 radical (unpaired) electrons. The molecule has 0 aliphatic rings. The number of hydrogen-bond acceptors (Lipinski definition) is 3. The average molecular weight is 240 g/mol. The Bertz CT molecular complexity index is 357. The molecule has 3 N–H and O–H groups in total. The Balaban J connectivity index is 2.43. The van der Waals surface area contributed by atoms with Crippen LogP contribution in [0, 0.1) is 13.8 Å². The van der Waals surface area contributed by atoms with E-state index >= 15 is 0 Å². The molecule has 1 aromatic heterocycles. The molecular weight excluding hydrogens is 220 g/mol. The molecule has 16 heavy (non-hydrogen) atoms. The maximum absolute atomic E-state index is 5.74. The fourth-order valence-electron chi connectivity index (χ4n) is 1.33. The fraction of sp³-hybridized carbons (Fsp3) is 0.636. The van der Waals surface area contributed by atoms with Crippen LogP contribution in [-0.4, -0.2) is 17.5 Å². The van der Waals surface area contributed by atoms with E-state index in [1.807, 2.05) is 13.8 Å². The number of nitrogens with zero attached hydrogens (tertiary/aromatic N) is 2. The number of hydrogen-bond donors (Lipinski definition) is 2. The third-order valence-electron chi connectivity index (χ3n) is 2.23. The second-order valence-corrected chi connectivity index (χ2v) is 5.01. The zero-order valence-electron chi connectivity index (χ0n) is 10.2. The molecule has 5 heteroatoms. The van der Waals surface area contributed by atoms with E-state index in [1.54, 1.807) is 11.3 Å². The van der Waals surface area contributed by atoms with Gasteiger partial charge in [0.2, 0.25) is 0 Å². The van der Waals surface area contributed by atoms with Gasteiger partial charge in [-0.2, -0.15) is 0 Å². The standard InChI is InChI=1S/C11H20N4S/c1-4-5-6-13-11(12)14-7-10-8(2)15-9(3)16-10/h4-7H2,1-3H3,(H3,12,13,14). The van der Waals surface area contributed by atoms with E-state index in [0.29, 0.717) is 12.5 Å². The van der Waals surface area contributed by atoms with Gasteiger partial charge in [-0.25, -0.2) is 9.98 Å². The van der Waals surface area contributed by atoms with Crippen LogP contribution in [0.4, 0.5) is 0 Å². The van der Waals surface area contributed by atoms with Crippen LogP contribution < -0.4 is 11.1 Å². The second-order valence-electron chi connectivity index (χ2n) is 3.72. The molecule has 0 amide bonds. The van der Waals surface area contributed by atoms with Crippen molar-refractivity contribution >= 4 is 17.3 Å². The van der Waals surface area contributed by atoms with Gasteiger partial charge < -0.3 is 11.1 Å². The molecule has 1 aromatic rings. The van der Waals surface area contributed by atoms with Crippen LogP contribution in [0.25, 0.3) is 0 Å². The molecular formula is C11H20N4S. The van der Waals surface area contributed by atoms with Gasteiger partial charge in [0, 0.05) is 11.4 Å². The van der Waals surface area contributed by atoms with Gasteiger partial charge in [-0.15, -0.1) is 11.3 Å². The van der Waals surface area contributed by atoms with Crippen LogP contribution in [0.15, 0.2) is 4.99 Å². The first-order valence-electron chi connectivity index (χ1n) is 5.60. The topological polar surface area (TPSA) is 63.3 Å². The lowest BCUT2D eigenvalue weighted by molar-refractivity contribution is 0.748. The second kappa shape index (κ2) is 6.48. The SMILES string of the molecule is CCCCNC(N)=NCc1sc(C)nc1C. The zero-order chi connectivity index (χ0) is 12.0. The van der Waals surface area contributed by atoms with Crippen molar-refractivity contribution in [3.63, 3.8) is 0 Å². The summed E-state index contributed by atoms with van der Waals surface area (Å²) in [7, 11) is 0. The Hall–Kier alpha value is -1.10. The Morgan fingerprint density at radius 2 is 2.25 bits per heavy atom. The minimum absolute atomic E-state index is 0.527. The molecule has 0 aliphatic heterocycles. The van der Waals surface area contributed by atoms with Crippen LogP contribution in [-0.2, 0) is 6.54 Å². The van der Waals surface area contributed by atoms with E-state index < -0.39 is 0 Å². The van der Waals surface area contributed by atoms with E-state index in [1.165, 1.54) is 4.88 Å². The van der Waals surface area contributed by atoms with Crippen molar-refractivity contribution in [1.82, 2.24) is 10.3 Å². The van der Waals surface area contributed by atoms with E-state index in [-0.39, 0.29) is 0 Å². The smallest absolute Gasteiger partial charge is 0.188 e. The summed E-state index contributed by atoms with van der Waals surface area (Å²) in [5.74, 6) is 0.527. The van der Waals surface area contributed by atoms with Gasteiger partial charge in [0.1, 0.15) is 0 Å². The number of guanidine groups is 1. The highest BCUT2D eigenvalue weighted by molar-refractivity contribution is 7.11. The van der Waals surface area contributed by atoms with Crippen molar-refractivity contribution in [2.75, 3.05) is 6.54 Å². The first-order chi connectivity index (χ1) is 7.63. The monoisotopic (exact) mass is 240 g/mol. The minimum Gasteiger partial charge on any atom is -0.370 e. The lowest BCUT2D eigenvalue weighted by atomic mass is 10.3. The molecule has 0 aromatic carbocycles. The maximum atomic E-state index is 5.74. The van der Waals surface area contributed by atoms with Gasteiger partial charge in [0.25, 0.3) is 0 Å². The minimum atomic E-state index is 0.527. The normalized spacial score (nSPS) is 11.8. The maximum Gasteiger partial charge on any atom is 0.188 e. The molecule has 0 fully saturated rings. The predicted octanol–water partition coefficient (Wildman–Crippen LogP) is 1.96. The Labute approximate surface area is 101 Å². The Kier molecular flexibility index (Phi) is 5.25. The third kappa shape index (κ3) is 4.18. The van der Waals surface area contributed by atoms with Crippen LogP contribution >= 0.6 is 11.3 Å². The van der Waals surface area contributed by atoms with E-state index in [9.17, 15) is 0 Å². The number of rotatable bonds is 5. The summed E-state index contributed by atoms with van der Waals surface area (Å²) in [6.07, 6.45) is 2.28. The van der Waals surface area contributed by atoms with Crippen LogP contribution in [0.3, 0.4) is 0 Å². The largest absolute Gasteiger partial charge is 0.370 e. The highest BCUT2D eigenvalue weighted by atomic mass is 32.1. The molecule has 0 saturated heterocycles. The summed E-state index contributed by atoms with van der Waals surface area (Å²) in [6, 6.07) is 0. The molecule has 1 rings (SSSR count). The Morgan fingerprint density at radius 3 is 2.81 bits per heavy atom. The Morgan fingerprint density at radius 1 is 1.50 bits per heavy atom. The molecule has 0 atom stereocenters. The summed E-state index contributed by atoms with van der Waals surface area (Å²) >= 11 is 1.68. The average Bonchev–Trinajstić information content (AvgIpc) is 2.55. The van der Waals surface area contributed by atoms with Crippen LogP contribution in [0.2, 0.25) is 0 Å². The molecule has 1 heterocycles. The van der Waals surface area contributed by atoms with Gasteiger partial charge in [-0.05, 0) is 20.3 Å². The number of aliphatic imine (C=N–C) groups is 1. The lowest BCUT2D eigenvalue weighted by Crippen LogP contribution is -2.32. The lowest BCUT2D eigenvalue weighted by Gasteiger charge is -2.03. The van der Waals surface area contributed by atoms with E-state index in [2.05, 4.69) is 22.2 Å². The fourth-order valence-corrected chi connectivity index (χ4v) is 2.19. The number of aryl methyl sites for hydroxylation is 2. The van der Waals surface area contributed by atoms with E-state index in [4.69, 9.17) is 5.73 Å². The molecule has 0 spiro atoms. The highest BCUT2D eigenvalue weighted by Gasteiger charge is 2.03. The number of unbranched alkanes of at least 4 members (excludes halogenated alkanes) is 1. The number of nitrogens with two attached hydrogens (primary N) is 1. The molecule has 0 bridgehead atoms. The number of aromatic nitrogens is 1. The van der Waals surface area contributed by atoms with Crippen molar-refractivity contribution in [3.05, 3.63) is 15.6 Å². The molecule has 0 unspecified atom stereocenters. The van der Waals surface area contributed by atoms with Crippen molar-refractivity contribution in [2.45, 2.75) is 40.2 Å². The van der Waals surface area contributed by atoms with Crippen LogP contribution in [0.5, 0.6) is 0 Å². The van der Waals surface area contributed by atoms with Gasteiger partial charge in [-0.1, -0.05) is 13.3 Å². The number of thiazole rings is 1. The summed E-state index contributed by atoms with van der Waals surface area (Å²) in [6.45, 7) is 7.69. The van der Waals surface area contributed by atoms with Crippen molar-refractivity contribution in [3.8, 4) is 0 Å². The summed E-state index contributed by atoms with van der Waals surface area (Å²) < 4.78 is 0. The summed E-state index contributed by atoms with van der Waals surface area (Å²) in [5.41, 5.74) is 6.80. The van der Waals surface area contributed by atoms with Gasteiger partial charge in [-0.3, -0.25) is 0 Å². The summed E-state index contributed by atoms with van der Waals surface area (Å²) in [4.78, 5) is 9.84. The number of nitrogens with one attached hydrogen (secondary N) is 1. The molecule has 0 aliphatic carbocycles. The highest BCUT2D eigenvalue weighted by Crippen LogP contribution is 2.17. The van der Waals surface area contributed by atoms with Gasteiger partial charge in [0.15, 0.2) is 5.96 Å². The van der Waals surface area contributed by atoms with Crippen molar-refractivity contribution in [2.24, 2.45) is 10.7 Å². The summed E-state index contributed by atoms with van der Waals surface area (Å²) in [5, 5.41) is 4.18. The molecule has 90 valence electrons. The van der Waals surface area contributed by atoms with Crippen LogP contribution in [0.1, 0.15) is 35.3 Å². The van der Waals surface area contributed by atoms with Crippen molar-refractivity contribution in [1.29, 1.82) is 0 Å².